The number of fused-ring (bicyclic) bond motifs is 2. The van der Waals surface area contributed by atoms with Gasteiger partial charge in [0.15, 0.2) is 17.3 Å². The Bertz CT molecular complexity index is 1560. The van der Waals surface area contributed by atoms with Crippen LogP contribution in [0.5, 0.6) is 0 Å². The number of carbonyl (C=O) groups excluding carboxylic acids is 1. The second-order valence-electron chi connectivity index (χ2n) is 14.7. The molecule has 0 spiro atoms. The molecular formula is C33H48N8O4. The number of aromatic nitrogens is 4. The van der Waals surface area contributed by atoms with Crippen LogP contribution in [0, 0.1) is 5.92 Å². The predicted molar refractivity (Wildman–Crippen MR) is 173 cm³/mol. The highest BCUT2D eigenvalue weighted by Crippen LogP contribution is 2.48. The van der Waals surface area contributed by atoms with Gasteiger partial charge in [-0.2, -0.15) is 0 Å². The van der Waals surface area contributed by atoms with Gasteiger partial charge in [0.05, 0.1) is 24.3 Å². The van der Waals surface area contributed by atoms with Crippen LogP contribution in [-0.4, -0.2) is 73.6 Å². The fourth-order valence-electron chi connectivity index (χ4n) is 7.12. The number of nitrogens with one attached hydrogen (secondary N) is 1. The average molecular weight is 621 g/mol. The Hall–Kier alpha value is -3.32. The summed E-state index contributed by atoms with van der Waals surface area (Å²) in [4.78, 5) is 28.3. The molecule has 0 bridgehead atoms. The molecule has 45 heavy (non-hydrogen) atoms. The van der Waals surface area contributed by atoms with E-state index in [1.807, 2.05) is 36.6 Å². The van der Waals surface area contributed by atoms with Crippen LogP contribution >= 0.6 is 0 Å². The molecule has 2 saturated heterocycles. The van der Waals surface area contributed by atoms with E-state index in [2.05, 4.69) is 59.8 Å². The highest BCUT2D eigenvalue weighted by Gasteiger charge is 2.63. The molecule has 12 nitrogen and oxygen atoms in total. The first-order chi connectivity index (χ1) is 21.2. The van der Waals surface area contributed by atoms with E-state index < -0.39 is 11.5 Å². The van der Waals surface area contributed by atoms with Gasteiger partial charge in [0.25, 0.3) is 0 Å². The molecule has 2 aromatic heterocycles. The number of ether oxygens (including phenoxy) is 3. The Kier molecular flexibility index (Phi) is 8.08. The third-order valence-electron chi connectivity index (χ3n) is 9.59. The highest BCUT2D eigenvalue weighted by atomic mass is 16.8. The number of nitrogens with zero attached hydrogens (tertiary/aromatic N) is 5. The molecule has 244 valence electrons. The van der Waals surface area contributed by atoms with E-state index in [9.17, 15) is 4.79 Å². The zero-order valence-electron chi connectivity index (χ0n) is 27.5. The van der Waals surface area contributed by atoms with Gasteiger partial charge in [0.2, 0.25) is 11.6 Å². The van der Waals surface area contributed by atoms with Crippen molar-refractivity contribution in [3.63, 3.8) is 0 Å². The topological polar surface area (TPSA) is 156 Å². The summed E-state index contributed by atoms with van der Waals surface area (Å²) in [6.45, 7) is 15.7. The minimum absolute atomic E-state index is 0.00216. The van der Waals surface area contributed by atoms with Crippen molar-refractivity contribution in [2.75, 3.05) is 29.9 Å². The van der Waals surface area contributed by atoms with Crippen molar-refractivity contribution in [3.05, 3.63) is 36.4 Å². The van der Waals surface area contributed by atoms with Gasteiger partial charge in [0, 0.05) is 25.0 Å². The molecule has 0 radical (unpaired) electrons. The van der Waals surface area contributed by atoms with Crippen LogP contribution in [0.3, 0.4) is 0 Å². The lowest BCUT2D eigenvalue weighted by Crippen LogP contribution is -2.53. The van der Waals surface area contributed by atoms with Gasteiger partial charge in [-0.25, -0.2) is 15.0 Å². The number of rotatable bonds is 9. The average Bonchev–Trinajstić information content (AvgIpc) is 3.58. The summed E-state index contributed by atoms with van der Waals surface area (Å²) in [7, 11) is 0. The predicted octanol–water partition coefficient (Wildman–Crippen LogP) is 4.40. The third-order valence-corrected chi connectivity index (χ3v) is 9.59. The molecule has 4 heterocycles. The summed E-state index contributed by atoms with van der Waals surface area (Å²) in [5.74, 6) is 0.0115. The number of nitrogens with two attached hydrogens (primary N) is 2. The molecule has 3 atom stereocenters. The molecule has 12 heteroatoms. The number of imidazole rings is 1. The molecule has 0 unspecified atom stereocenters. The summed E-state index contributed by atoms with van der Waals surface area (Å²) in [6.07, 6.45) is 5.96. The maximum absolute atomic E-state index is 12.8. The summed E-state index contributed by atoms with van der Waals surface area (Å²) in [6, 6.07) is 6.62. The monoisotopic (exact) mass is 620 g/mol. The van der Waals surface area contributed by atoms with Crippen molar-refractivity contribution < 1.29 is 19.0 Å². The summed E-state index contributed by atoms with van der Waals surface area (Å²) >= 11 is 0. The maximum atomic E-state index is 12.8. The number of carbonyl (C=O) groups is 1. The van der Waals surface area contributed by atoms with Gasteiger partial charge in [-0.15, -0.1) is 0 Å². The minimum atomic E-state index is -0.918. The standard InChI is InChI=1S/C33H48N8O4/c1-19(2)40(22-12-20(13-22)8-11-26(42)39-24-10-9-21(14-23(24)34)31(3,4)5)15-25-28-33(16-43-25,45-32(6,7)44-28)41-18-38-27-29(35)36-17-37-30(27)41/h9-10,14,17-20,22,25,28H,8,11-13,15-16,34H2,1-7H3,(H,39,42)(H2,35,36,37)/t20?,22?,25-,28-,33-/m1/s1. The number of anilines is 3. The first kappa shape index (κ1) is 31.7. The van der Waals surface area contributed by atoms with Crippen LogP contribution in [-0.2, 0) is 30.1 Å². The molecule has 3 aliphatic rings. The summed E-state index contributed by atoms with van der Waals surface area (Å²) in [5, 5.41) is 3.01. The normalized spacial score (nSPS) is 27.7. The molecule has 3 fully saturated rings. The van der Waals surface area contributed by atoms with E-state index >= 15 is 0 Å². The Balaban J connectivity index is 1.06. The second-order valence-corrected chi connectivity index (χ2v) is 14.7. The number of benzene rings is 1. The molecule has 6 rings (SSSR count). The number of hydrogen-bond acceptors (Lipinski definition) is 10. The maximum Gasteiger partial charge on any atom is 0.224 e. The zero-order chi connectivity index (χ0) is 32.3. The third kappa shape index (κ3) is 6.00. The van der Waals surface area contributed by atoms with E-state index in [1.165, 1.54) is 6.33 Å². The van der Waals surface area contributed by atoms with Crippen LogP contribution in [0.25, 0.3) is 11.2 Å². The number of hydrogen-bond donors (Lipinski definition) is 3. The van der Waals surface area contributed by atoms with Gasteiger partial charge in [-0.05, 0) is 76.0 Å². The van der Waals surface area contributed by atoms with Crippen LogP contribution in [0.2, 0.25) is 0 Å². The lowest BCUT2D eigenvalue weighted by atomic mass is 9.76. The van der Waals surface area contributed by atoms with Crippen molar-refractivity contribution >= 4 is 34.3 Å². The van der Waals surface area contributed by atoms with Crippen molar-refractivity contribution in [2.24, 2.45) is 5.92 Å². The molecule has 3 aromatic rings. The lowest BCUT2D eigenvalue weighted by molar-refractivity contribution is -0.206. The van der Waals surface area contributed by atoms with Gasteiger partial charge in [0.1, 0.15) is 24.1 Å². The van der Waals surface area contributed by atoms with Gasteiger partial charge < -0.3 is 31.0 Å². The van der Waals surface area contributed by atoms with E-state index in [0.717, 1.165) is 24.8 Å². The smallest absolute Gasteiger partial charge is 0.224 e. The zero-order valence-corrected chi connectivity index (χ0v) is 27.5. The van der Waals surface area contributed by atoms with E-state index in [1.54, 1.807) is 6.33 Å². The molecule has 1 saturated carbocycles. The quantitative estimate of drug-likeness (QED) is 0.293. The molecular weight excluding hydrogens is 572 g/mol. The van der Waals surface area contributed by atoms with Crippen LogP contribution < -0.4 is 16.8 Å². The SMILES string of the molecule is CC(C)N(C[C@H]1OC[C@@]2(n3cnc4c(N)ncnc43)OC(C)(C)O[C@H]12)C1CC(CCC(=O)Nc2ccc(C(C)(C)C)cc2N)C1. The molecule has 1 aliphatic carbocycles. The van der Waals surface area contributed by atoms with Gasteiger partial charge in [-0.1, -0.05) is 26.8 Å². The fraction of sp³-hybridized carbons (Fsp3) is 0.636. The Labute approximate surface area is 265 Å². The summed E-state index contributed by atoms with van der Waals surface area (Å²) < 4.78 is 21.4. The second kappa shape index (κ2) is 11.5. The Morgan fingerprint density at radius 1 is 1.18 bits per heavy atom. The molecule has 2 aliphatic heterocycles. The molecule has 1 amide bonds. The first-order valence-corrected chi connectivity index (χ1v) is 16.1. The van der Waals surface area contributed by atoms with Gasteiger partial charge >= 0.3 is 0 Å². The van der Waals surface area contributed by atoms with Crippen molar-refractivity contribution in [1.82, 2.24) is 24.4 Å². The number of amides is 1. The van der Waals surface area contributed by atoms with Crippen molar-refractivity contribution in [3.8, 4) is 0 Å². The molecule has 5 N–H and O–H groups in total. The van der Waals surface area contributed by atoms with E-state index in [4.69, 9.17) is 25.7 Å². The van der Waals surface area contributed by atoms with E-state index in [-0.39, 0.29) is 23.5 Å². The van der Waals surface area contributed by atoms with E-state index in [0.29, 0.717) is 65.9 Å². The summed E-state index contributed by atoms with van der Waals surface area (Å²) in [5.41, 5.74) is 15.0. The fourth-order valence-corrected chi connectivity index (χ4v) is 7.12. The van der Waals surface area contributed by atoms with Crippen LogP contribution in [0.1, 0.15) is 79.7 Å². The highest BCUT2D eigenvalue weighted by molar-refractivity contribution is 5.93. The lowest BCUT2D eigenvalue weighted by Gasteiger charge is -2.46. The van der Waals surface area contributed by atoms with Crippen molar-refractivity contribution in [1.29, 1.82) is 0 Å². The largest absolute Gasteiger partial charge is 0.397 e. The number of nitrogen functional groups attached to an aromatic ring is 2. The van der Waals surface area contributed by atoms with Crippen molar-refractivity contribution in [2.45, 2.75) is 115 Å². The van der Waals surface area contributed by atoms with Crippen LogP contribution in [0.4, 0.5) is 17.2 Å². The minimum Gasteiger partial charge on any atom is -0.397 e. The van der Waals surface area contributed by atoms with Crippen LogP contribution in [0.15, 0.2) is 30.9 Å². The molecule has 1 aromatic carbocycles. The first-order valence-electron chi connectivity index (χ1n) is 16.1. The Morgan fingerprint density at radius 3 is 2.62 bits per heavy atom. The van der Waals surface area contributed by atoms with Gasteiger partial charge in [-0.3, -0.25) is 14.3 Å². The Morgan fingerprint density at radius 2 is 1.93 bits per heavy atom.